The maximum Gasteiger partial charge on any atom is 0.242 e. The fraction of sp³-hybridized carbons (Fsp3) is 0.391. The zero-order valence-corrected chi connectivity index (χ0v) is 21.2. The van der Waals surface area contributed by atoms with Crippen LogP contribution in [-0.2, 0) is 26.2 Å². The normalized spacial score (nSPS) is 12.2. The largest absolute Gasteiger partial charge is 0.357 e. The summed E-state index contributed by atoms with van der Waals surface area (Å²) in [6, 6.07) is 14.1. The molecule has 0 aromatic heterocycles. The van der Waals surface area contributed by atoms with E-state index < -0.39 is 16.1 Å². The molecule has 0 radical (unpaired) electrons. The van der Waals surface area contributed by atoms with Crippen LogP contribution in [0.1, 0.15) is 30.9 Å². The smallest absolute Gasteiger partial charge is 0.242 e. The Morgan fingerprint density at radius 2 is 1.66 bits per heavy atom. The SMILES string of the molecule is CNC(=O)C(C)N(Cc1ccc(Br)cc1)C(=O)CCCN(c1ccc(C)cc1)S(C)(=O)=O. The van der Waals surface area contributed by atoms with Crippen molar-refractivity contribution in [2.24, 2.45) is 0 Å². The van der Waals surface area contributed by atoms with Crippen LogP contribution < -0.4 is 9.62 Å². The van der Waals surface area contributed by atoms with Gasteiger partial charge in [-0.3, -0.25) is 13.9 Å². The number of anilines is 1. The topological polar surface area (TPSA) is 86.8 Å². The molecule has 0 aliphatic carbocycles. The third-order valence-electron chi connectivity index (χ3n) is 5.15. The van der Waals surface area contributed by atoms with Gasteiger partial charge < -0.3 is 10.2 Å². The third kappa shape index (κ3) is 7.34. The lowest BCUT2D eigenvalue weighted by Crippen LogP contribution is -2.46. The number of carbonyl (C=O) groups is 2. The molecule has 0 spiro atoms. The van der Waals surface area contributed by atoms with E-state index in [0.717, 1.165) is 21.9 Å². The molecule has 0 saturated heterocycles. The van der Waals surface area contributed by atoms with Gasteiger partial charge in [-0.2, -0.15) is 0 Å². The van der Waals surface area contributed by atoms with Gasteiger partial charge in [-0.1, -0.05) is 45.8 Å². The van der Waals surface area contributed by atoms with Crippen molar-refractivity contribution >= 4 is 43.5 Å². The zero-order valence-electron chi connectivity index (χ0n) is 18.8. The van der Waals surface area contributed by atoms with Gasteiger partial charge in [0, 0.05) is 31.0 Å². The van der Waals surface area contributed by atoms with Crippen molar-refractivity contribution in [3.8, 4) is 0 Å². The monoisotopic (exact) mass is 523 g/mol. The Bertz CT molecular complexity index is 1020. The third-order valence-corrected chi connectivity index (χ3v) is 6.88. The molecule has 0 aliphatic heterocycles. The summed E-state index contributed by atoms with van der Waals surface area (Å²) in [6.07, 6.45) is 1.61. The van der Waals surface area contributed by atoms with Gasteiger partial charge in [-0.25, -0.2) is 8.42 Å². The number of aryl methyl sites for hydroxylation is 1. The van der Waals surface area contributed by atoms with Crippen LogP contribution in [0, 0.1) is 6.92 Å². The van der Waals surface area contributed by atoms with Crippen LogP contribution in [0.5, 0.6) is 0 Å². The molecule has 32 heavy (non-hydrogen) atoms. The highest BCUT2D eigenvalue weighted by Gasteiger charge is 2.26. The Labute approximate surface area is 199 Å². The Morgan fingerprint density at radius 1 is 1.06 bits per heavy atom. The fourth-order valence-electron chi connectivity index (χ4n) is 3.29. The first-order valence-electron chi connectivity index (χ1n) is 10.3. The van der Waals surface area contributed by atoms with E-state index in [2.05, 4.69) is 21.2 Å². The Balaban J connectivity index is 2.12. The average molecular weight is 524 g/mol. The molecule has 2 aromatic carbocycles. The summed E-state index contributed by atoms with van der Waals surface area (Å²) in [6.45, 7) is 4.08. The molecule has 0 heterocycles. The van der Waals surface area contributed by atoms with E-state index in [0.29, 0.717) is 12.1 Å². The van der Waals surface area contributed by atoms with Gasteiger partial charge in [-0.15, -0.1) is 0 Å². The number of amides is 2. The van der Waals surface area contributed by atoms with E-state index in [1.54, 1.807) is 19.1 Å². The van der Waals surface area contributed by atoms with Gasteiger partial charge in [0.25, 0.3) is 0 Å². The molecule has 1 N–H and O–H groups in total. The van der Waals surface area contributed by atoms with Crippen LogP contribution >= 0.6 is 15.9 Å². The fourth-order valence-corrected chi connectivity index (χ4v) is 4.52. The summed E-state index contributed by atoms with van der Waals surface area (Å²) in [5.41, 5.74) is 2.50. The van der Waals surface area contributed by atoms with Crippen LogP contribution in [0.25, 0.3) is 0 Å². The number of nitrogens with one attached hydrogen (secondary N) is 1. The highest BCUT2D eigenvalue weighted by molar-refractivity contribution is 9.10. The van der Waals surface area contributed by atoms with Gasteiger partial charge >= 0.3 is 0 Å². The van der Waals surface area contributed by atoms with Gasteiger partial charge in [0.05, 0.1) is 11.9 Å². The molecule has 9 heteroatoms. The van der Waals surface area contributed by atoms with Crippen molar-refractivity contribution < 1.29 is 18.0 Å². The number of sulfonamides is 1. The lowest BCUT2D eigenvalue weighted by molar-refractivity contribution is -0.140. The van der Waals surface area contributed by atoms with Crippen molar-refractivity contribution in [3.63, 3.8) is 0 Å². The number of hydrogen-bond acceptors (Lipinski definition) is 4. The van der Waals surface area contributed by atoms with E-state index in [9.17, 15) is 18.0 Å². The quantitative estimate of drug-likeness (QED) is 0.516. The minimum absolute atomic E-state index is 0.121. The first-order valence-corrected chi connectivity index (χ1v) is 13.0. The number of rotatable bonds is 10. The number of carbonyl (C=O) groups excluding carboxylic acids is 2. The van der Waals surface area contributed by atoms with Gasteiger partial charge in [0.15, 0.2) is 0 Å². The van der Waals surface area contributed by atoms with Crippen molar-refractivity contribution in [3.05, 3.63) is 64.1 Å². The molecule has 2 rings (SSSR count). The van der Waals surface area contributed by atoms with Gasteiger partial charge in [-0.05, 0) is 50.1 Å². The lowest BCUT2D eigenvalue weighted by Gasteiger charge is -2.29. The Kier molecular flexibility index (Phi) is 9.27. The highest BCUT2D eigenvalue weighted by atomic mass is 79.9. The summed E-state index contributed by atoms with van der Waals surface area (Å²) in [4.78, 5) is 26.8. The number of halogens is 1. The molecule has 2 aromatic rings. The second kappa shape index (κ2) is 11.5. The summed E-state index contributed by atoms with van der Waals surface area (Å²) in [7, 11) is -1.96. The Morgan fingerprint density at radius 3 is 2.19 bits per heavy atom. The molecular formula is C23H30BrN3O4S. The molecule has 0 saturated carbocycles. The van der Waals surface area contributed by atoms with Crippen LogP contribution in [0.2, 0.25) is 0 Å². The highest BCUT2D eigenvalue weighted by Crippen LogP contribution is 2.20. The summed E-state index contributed by atoms with van der Waals surface area (Å²) in [5.74, 6) is -0.464. The standard InChI is InChI=1S/C23H30BrN3O4S/c1-17-7-13-21(14-8-17)27(32(4,30)31)15-5-6-22(28)26(18(2)23(29)25-3)16-19-9-11-20(24)12-10-19/h7-14,18H,5-6,15-16H2,1-4H3,(H,25,29). The summed E-state index contributed by atoms with van der Waals surface area (Å²) in [5, 5.41) is 2.59. The predicted octanol–water partition coefficient (Wildman–Crippen LogP) is 3.47. The van der Waals surface area contributed by atoms with Crippen LogP contribution in [0.15, 0.2) is 53.0 Å². The van der Waals surface area contributed by atoms with E-state index in [4.69, 9.17) is 0 Å². The average Bonchev–Trinajstić information content (AvgIpc) is 2.75. The number of hydrogen-bond donors (Lipinski definition) is 1. The van der Waals surface area contributed by atoms with Crippen LogP contribution in [0.3, 0.4) is 0 Å². The first-order chi connectivity index (χ1) is 15.0. The lowest BCUT2D eigenvalue weighted by atomic mass is 10.1. The van der Waals surface area contributed by atoms with E-state index in [1.165, 1.54) is 16.3 Å². The van der Waals surface area contributed by atoms with Crippen molar-refractivity contribution in [1.29, 1.82) is 0 Å². The molecule has 1 atom stereocenters. The van der Waals surface area contributed by atoms with Crippen molar-refractivity contribution in [2.75, 3.05) is 24.2 Å². The van der Waals surface area contributed by atoms with Crippen molar-refractivity contribution in [2.45, 2.75) is 39.3 Å². The molecule has 1 unspecified atom stereocenters. The van der Waals surface area contributed by atoms with E-state index in [1.807, 2.05) is 43.3 Å². The maximum absolute atomic E-state index is 13.1. The molecular weight excluding hydrogens is 494 g/mol. The summed E-state index contributed by atoms with van der Waals surface area (Å²) >= 11 is 3.39. The molecule has 174 valence electrons. The number of likely N-dealkylation sites (N-methyl/N-ethyl adjacent to an activating group) is 1. The number of nitrogens with zero attached hydrogens (tertiary/aromatic N) is 2. The molecule has 2 amide bonds. The van der Waals surface area contributed by atoms with E-state index >= 15 is 0 Å². The minimum Gasteiger partial charge on any atom is -0.357 e. The molecule has 0 fully saturated rings. The molecule has 7 nitrogen and oxygen atoms in total. The zero-order chi connectivity index (χ0) is 23.9. The van der Waals surface area contributed by atoms with Gasteiger partial charge in [0.1, 0.15) is 6.04 Å². The maximum atomic E-state index is 13.1. The van der Waals surface area contributed by atoms with Crippen LogP contribution in [0.4, 0.5) is 5.69 Å². The van der Waals surface area contributed by atoms with Crippen LogP contribution in [-0.4, -0.2) is 51.0 Å². The van der Waals surface area contributed by atoms with E-state index in [-0.39, 0.29) is 31.3 Å². The first kappa shape index (κ1) is 25.9. The van der Waals surface area contributed by atoms with Gasteiger partial charge in [0.2, 0.25) is 21.8 Å². The Hall–Kier alpha value is -2.39. The second-order valence-corrected chi connectivity index (χ2v) is 10.5. The minimum atomic E-state index is -3.50. The molecule has 0 bridgehead atoms. The predicted molar refractivity (Wildman–Crippen MR) is 131 cm³/mol. The number of benzene rings is 2. The second-order valence-electron chi connectivity index (χ2n) is 7.71. The van der Waals surface area contributed by atoms with Crippen molar-refractivity contribution in [1.82, 2.24) is 10.2 Å². The summed E-state index contributed by atoms with van der Waals surface area (Å²) < 4.78 is 26.8. The molecule has 0 aliphatic rings.